The molecule has 2 heterocycles. The van der Waals surface area contributed by atoms with Crippen molar-refractivity contribution in [1.29, 1.82) is 0 Å². The molecule has 2 rings (SSSR count). The summed E-state index contributed by atoms with van der Waals surface area (Å²) < 4.78 is 0. The molecule has 6 heteroatoms. The van der Waals surface area contributed by atoms with Gasteiger partial charge in [0.15, 0.2) is 11.4 Å². The number of Topliss-reactive ketones (excluding diaryl/α,β-unsaturated/α-hetero) is 1. The first-order valence-electron chi connectivity index (χ1n) is 6.32. The molecule has 106 valence electrons. The van der Waals surface area contributed by atoms with Crippen LogP contribution in [0.5, 0.6) is 0 Å². The minimum absolute atomic E-state index is 0.0347. The standard InChI is InChI=1S/C14H18N4O2/c1-14(2,3)11(19)8-6-15-12-10(8)17-9(7-16-12)13(20)18(4)5/h6-7H,1-5H3,(H,15,16). The summed E-state index contributed by atoms with van der Waals surface area (Å²) in [4.78, 5) is 37.1. The van der Waals surface area contributed by atoms with Crippen LogP contribution >= 0.6 is 0 Å². The summed E-state index contributed by atoms with van der Waals surface area (Å²) in [5.74, 6) is -0.276. The SMILES string of the molecule is CN(C)C(=O)c1cnc2[nH]cc(C(=O)C(C)(C)C)c2n1. The molecule has 0 saturated heterocycles. The van der Waals surface area contributed by atoms with Gasteiger partial charge < -0.3 is 9.88 Å². The number of hydrogen-bond donors (Lipinski definition) is 1. The first kappa shape index (κ1) is 14.2. The number of amides is 1. The average molecular weight is 274 g/mol. The number of aromatic nitrogens is 3. The van der Waals surface area contributed by atoms with Crippen molar-refractivity contribution in [2.24, 2.45) is 5.41 Å². The monoisotopic (exact) mass is 274 g/mol. The van der Waals surface area contributed by atoms with Crippen molar-refractivity contribution in [3.63, 3.8) is 0 Å². The smallest absolute Gasteiger partial charge is 0.273 e. The van der Waals surface area contributed by atoms with E-state index in [9.17, 15) is 9.59 Å². The molecule has 1 N–H and O–H groups in total. The van der Waals surface area contributed by atoms with Crippen LogP contribution in [0.3, 0.4) is 0 Å². The van der Waals surface area contributed by atoms with E-state index in [4.69, 9.17) is 0 Å². The van der Waals surface area contributed by atoms with Gasteiger partial charge in [-0.3, -0.25) is 9.59 Å². The number of H-pyrrole nitrogens is 1. The van der Waals surface area contributed by atoms with Crippen molar-refractivity contribution in [2.75, 3.05) is 14.1 Å². The van der Waals surface area contributed by atoms with Crippen LogP contribution in [0, 0.1) is 5.41 Å². The van der Waals surface area contributed by atoms with E-state index in [2.05, 4.69) is 15.0 Å². The number of nitrogens with one attached hydrogen (secondary N) is 1. The highest BCUT2D eigenvalue weighted by atomic mass is 16.2. The Morgan fingerprint density at radius 1 is 1.25 bits per heavy atom. The van der Waals surface area contributed by atoms with Gasteiger partial charge in [-0.15, -0.1) is 0 Å². The van der Waals surface area contributed by atoms with Gasteiger partial charge in [0.05, 0.1) is 11.8 Å². The lowest BCUT2D eigenvalue weighted by molar-refractivity contribution is 0.0820. The minimum Gasteiger partial charge on any atom is -0.344 e. The molecule has 1 amide bonds. The molecule has 0 bridgehead atoms. The molecule has 0 spiro atoms. The zero-order chi connectivity index (χ0) is 15.1. The molecule has 0 atom stereocenters. The number of fused-ring (bicyclic) bond motifs is 1. The van der Waals surface area contributed by atoms with Crippen LogP contribution < -0.4 is 0 Å². The first-order valence-corrected chi connectivity index (χ1v) is 6.32. The minimum atomic E-state index is -0.516. The van der Waals surface area contributed by atoms with E-state index in [1.807, 2.05) is 20.8 Å². The molecular formula is C14H18N4O2. The normalized spacial score (nSPS) is 11.7. The maximum Gasteiger partial charge on any atom is 0.273 e. The number of hydrogen-bond acceptors (Lipinski definition) is 4. The third kappa shape index (κ3) is 2.41. The second-order valence-electron chi connectivity index (χ2n) is 5.93. The molecule has 0 saturated carbocycles. The van der Waals surface area contributed by atoms with Gasteiger partial charge in [0, 0.05) is 25.7 Å². The van der Waals surface area contributed by atoms with Gasteiger partial charge in [-0.2, -0.15) is 0 Å². The van der Waals surface area contributed by atoms with E-state index < -0.39 is 5.41 Å². The van der Waals surface area contributed by atoms with Gasteiger partial charge in [-0.25, -0.2) is 9.97 Å². The fourth-order valence-corrected chi connectivity index (χ4v) is 1.80. The molecule has 2 aromatic heterocycles. The summed E-state index contributed by atoms with van der Waals surface area (Å²) in [5.41, 5.74) is 1.13. The maximum absolute atomic E-state index is 12.4. The quantitative estimate of drug-likeness (QED) is 0.848. The molecule has 0 fully saturated rings. The van der Waals surface area contributed by atoms with E-state index in [0.717, 1.165) is 0 Å². The lowest BCUT2D eigenvalue weighted by Gasteiger charge is -2.15. The second kappa shape index (κ2) is 4.70. The summed E-state index contributed by atoms with van der Waals surface area (Å²) in [5, 5.41) is 0. The van der Waals surface area contributed by atoms with Crippen LogP contribution in [-0.4, -0.2) is 45.6 Å². The topological polar surface area (TPSA) is 79.0 Å². The van der Waals surface area contributed by atoms with E-state index >= 15 is 0 Å². The fourth-order valence-electron chi connectivity index (χ4n) is 1.80. The lowest BCUT2D eigenvalue weighted by atomic mass is 9.87. The number of rotatable bonds is 2. The van der Waals surface area contributed by atoms with Crippen molar-refractivity contribution in [3.05, 3.63) is 23.7 Å². The Labute approximate surface area is 117 Å². The largest absolute Gasteiger partial charge is 0.344 e. The number of carbonyl (C=O) groups excluding carboxylic acids is 2. The predicted octanol–water partition coefficient (Wildman–Crippen LogP) is 1.89. The fraction of sp³-hybridized carbons (Fsp3) is 0.429. The summed E-state index contributed by atoms with van der Waals surface area (Å²) in [6.07, 6.45) is 3.01. The van der Waals surface area contributed by atoms with Gasteiger partial charge >= 0.3 is 0 Å². The Morgan fingerprint density at radius 2 is 1.90 bits per heavy atom. The van der Waals surface area contributed by atoms with Crippen molar-refractivity contribution < 1.29 is 9.59 Å². The van der Waals surface area contributed by atoms with E-state index in [1.54, 1.807) is 20.3 Å². The Balaban J connectivity index is 2.57. The summed E-state index contributed by atoms with van der Waals surface area (Å²) in [6, 6.07) is 0. The zero-order valence-corrected chi connectivity index (χ0v) is 12.3. The lowest BCUT2D eigenvalue weighted by Crippen LogP contribution is -2.23. The molecular weight excluding hydrogens is 256 g/mol. The molecule has 20 heavy (non-hydrogen) atoms. The Bertz CT molecular complexity index is 680. The van der Waals surface area contributed by atoms with Crippen LogP contribution in [-0.2, 0) is 0 Å². The van der Waals surface area contributed by atoms with Gasteiger partial charge in [-0.05, 0) is 0 Å². The van der Waals surface area contributed by atoms with Crippen molar-refractivity contribution in [2.45, 2.75) is 20.8 Å². The molecule has 2 aromatic rings. The maximum atomic E-state index is 12.4. The number of ketones is 1. The summed E-state index contributed by atoms with van der Waals surface area (Å²) in [7, 11) is 3.29. The van der Waals surface area contributed by atoms with Crippen LogP contribution in [0.25, 0.3) is 11.2 Å². The van der Waals surface area contributed by atoms with Gasteiger partial charge in [0.2, 0.25) is 0 Å². The van der Waals surface area contributed by atoms with E-state index in [1.165, 1.54) is 11.1 Å². The van der Waals surface area contributed by atoms with Crippen molar-refractivity contribution in [1.82, 2.24) is 19.9 Å². The molecule has 0 radical (unpaired) electrons. The van der Waals surface area contributed by atoms with Crippen LogP contribution in [0.1, 0.15) is 41.6 Å². The summed E-state index contributed by atoms with van der Waals surface area (Å²) in [6.45, 7) is 5.53. The van der Waals surface area contributed by atoms with Gasteiger partial charge in [-0.1, -0.05) is 20.8 Å². The highest BCUT2D eigenvalue weighted by Gasteiger charge is 2.26. The zero-order valence-electron chi connectivity index (χ0n) is 12.3. The number of aromatic amines is 1. The average Bonchev–Trinajstić information content (AvgIpc) is 2.78. The van der Waals surface area contributed by atoms with E-state index in [0.29, 0.717) is 16.7 Å². The Morgan fingerprint density at radius 3 is 2.45 bits per heavy atom. The first-order chi connectivity index (χ1) is 9.21. The molecule has 0 aliphatic heterocycles. The third-order valence-corrected chi connectivity index (χ3v) is 2.93. The van der Waals surface area contributed by atoms with Crippen LogP contribution in [0.4, 0.5) is 0 Å². The van der Waals surface area contributed by atoms with Gasteiger partial charge in [0.1, 0.15) is 11.2 Å². The van der Waals surface area contributed by atoms with E-state index in [-0.39, 0.29) is 17.4 Å². The molecule has 0 unspecified atom stereocenters. The highest BCUT2D eigenvalue weighted by molar-refractivity contribution is 6.08. The Kier molecular flexibility index (Phi) is 3.33. The molecule has 0 aliphatic carbocycles. The molecule has 6 nitrogen and oxygen atoms in total. The van der Waals surface area contributed by atoms with Gasteiger partial charge in [0.25, 0.3) is 5.91 Å². The number of carbonyl (C=O) groups is 2. The summed E-state index contributed by atoms with van der Waals surface area (Å²) >= 11 is 0. The molecule has 0 aromatic carbocycles. The third-order valence-electron chi connectivity index (χ3n) is 2.93. The second-order valence-corrected chi connectivity index (χ2v) is 5.93. The predicted molar refractivity (Wildman–Crippen MR) is 75.7 cm³/mol. The van der Waals surface area contributed by atoms with Crippen molar-refractivity contribution >= 4 is 22.9 Å². The van der Waals surface area contributed by atoms with Crippen LogP contribution in [0.2, 0.25) is 0 Å². The Hall–Kier alpha value is -2.24. The highest BCUT2D eigenvalue weighted by Crippen LogP contribution is 2.25. The van der Waals surface area contributed by atoms with Crippen molar-refractivity contribution in [3.8, 4) is 0 Å². The van der Waals surface area contributed by atoms with Crippen LogP contribution in [0.15, 0.2) is 12.4 Å². The number of nitrogens with zero attached hydrogens (tertiary/aromatic N) is 3. The molecule has 0 aliphatic rings.